The highest BCUT2D eigenvalue weighted by molar-refractivity contribution is 5.34. The minimum absolute atomic E-state index is 0.0867. The molecule has 4 aliphatic rings. The smallest absolute Gasteiger partial charge is 0.131 e. The molecule has 0 amide bonds. The first kappa shape index (κ1) is 18.1. The van der Waals surface area contributed by atoms with Gasteiger partial charge in [-0.25, -0.2) is 0 Å². The highest BCUT2D eigenvalue weighted by Gasteiger charge is 2.62. The summed E-state index contributed by atoms with van der Waals surface area (Å²) in [5.74, 6) is 8.92. The maximum absolute atomic E-state index is 11.4. The van der Waals surface area contributed by atoms with Crippen molar-refractivity contribution in [1.29, 1.82) is 0 Å². The van der Waals surface area contributed by atoms with Gasteiger partial charge in [0.1, 0.15) is 12.2 Å². The molecular weight excluding hydrogens is 324 g/mol. The number of aliphatic hydroxyl groups excluding tert-OH is 1. The van der Waals surface area contributed by atoms with Crippen LogP contribution in [0.1, 0.15) is 64.7 Å². The molecule has 4 rings (SSSR count). The molecule has 5 atom stereocenters. The Balaban J connectivity index is 1.63. The monoisotopic (exact) mass is 356 g/mol. The predicted molar refractivity (Wildman–Crippen MR) is 102 cm³/mol. The maximum Gasteiger partial charge on any atom is 0.131 e. The highest BCUT2D eigenvalue weighted by Crippen LogP contribution is 2.65. The van der Waals surface area contributed by atoms with E-state index in [-0.39, 0.29) is 12.0 Å². The van der Waals surface area contributed by atoms with Crippen LogP contribution in [-0.2, 0) is 4.74 Å². The summed E-state index contributed by atoms with van der Waals surface area (Å²) >= 11 is 0. The average Bonchev–Trinajstić information content (AvgIpc) is 2.99. The zero-order chi connectivity index (χ0) is 18.4. The largest absolute Gasteiger partial charge is 0.501 e. The Morgan fingerprint density at radius 3 is 2.85 bits per heavy atom. The molecule has 4 aliphatic carbocycles. The average molecular weight is 357 g/mol. The lowest BCUT2D eigenvalue weighted by molar-refractivity contribution is -0.0857. The Labute approximate surface area is 157 Å². The second-order valence-electron chi connectivity index (χ2n) is 8.71. The summed E-state index contributed by atoms with van der Waals surface area (Å²) in [4.78, 5) is 0. The van der Waals surface area contributed by atoms with Crippen LogP contribution in [0, 0.1) is 35.0 Å². The number of hydrogen-bond acceptors (Lipinski definition) is 3. The number of allylic oxidation sites excluding steroid dienone is 3. The third-order valence-electron chi connectivity index (χ3n) is 8.17. The topological polar surface area (TPSA) is 49.7 Å². The van der Waals surface area contributed by atoms with Crippen molar-refractivity contribution in [2.75, 3.05) is 13.7 Å². The van der Waals surface area contributed by atoms with Crippen molar-refractivity contribution in [1.82, 2.24) is 0 Å². The Morgan fingerprint density at radius 1 is 1.27 bits per heavy atom. The van der Waals surface area contributed by atoms with Crippen molar-refractivity contribution >= 4 is 0 Å². The van der Waals surface area contributed by atoms with Gasteiger partial charge in [-0.3, -0.25) is 0 Å². The zero-order valence-corrected chi connectivity index (χ0v) is 16.2. The van der Waals surface area contributed by atoms with Crippen LogP contribution in [-0.4, -0.2) is 29.5 Å². The van der Waals surface area contributed by atoms with Crippen LogP contribution in [0.5, 0.6) is 0 Å². The van der Waals surface area contributed by atoms with Gasteiger partial charge in [0, 0.05) is 11.8 Å². The van der Waals surface area contributed by atoms with Crippen molar-refractivity contribution in [3.05, 3.63) is 23.0 Å². The van der Waals surface area contributed by atoms with E-state index in [0.29, 0.717) is 17.8 Å². The summed E-state index contributed by atoms with van der Waals surface area (Å²) < 4.78 is 5.50. The number of ether oxygens (including phenoxy) is 1. The molecule has 0 aromatic heterocycles. The maximum atomic E-state index is 11.4. The first-order valence-corrected chi connectivity index (χ1v) is 10.4. The molecule has 3 nitrogen and oxygen atoms in total. The van der Waals surface area contributed by atoms with Gasteiger partial charge >= 0.3 is 0 Å². The van der Waals surface area contributed by atoms with E-state index in [2.05, 4.69) is 24.8 Å². The number of methoxy groups -OCH3 is 1. The van der Waals surface area contributed by atoms with Crippen molar-refractivity contribution in [3.63, 3.8) is 0 Å². The standard InChI is InChI=1S/C23H32O3/c1-3-22-12-9-19-18-8-6-17(26-2)15-16(18)5-7-20(19)21(22)10-13-23(22,25)11-4-14-24/h6,19-21,24-25H,3,5,7-10,12-15H2,1-2H3/t19?,20?,21?,22-,23-/m0/s1. The van der Waals surface area contributed by atoms with Gasteiger partial charge < -0.3 is 14.9 Å². The van der Waals surface area contributed by atoms with Crippen LogP contribution >= 0.6 is 0 Å². The minimum Gasteiger partial charge on any atom is -0.501 e. The van der Waals surface area contributed by atoms with Crippen LogP contribution in [0.15, 0.2) is 23.0 Å². The predicted octanol–water partition coefficient (Wildman–Crippen LogP) is 3.96. The van der Waals surface area contributed by atoms with Crippen molar-refractivity contribution < 1.29 is 14.9 Å². The molecule has 2 N–H and O–H groups in total. The molecule has 2 fully saturated rings. The molecule has 0 radical (unpaired) electrons. The molecule has 0 aromatic carbocycles. The van der Waals surface area contributed by atoms with E-state index in [1.54, 1.807) is 18.3 Å². The summed E-state index contributed by atoms with van der Waals surface area (Å²) in [5, 5.41) is 20.6. The Kier molecular flexibility index (Phi) is 4.70. The van der Waals surface area contributed by atoms with Crippen molar-refractivity contribution in [3.8, 4) is 11.8 Å². The first-order chi connectivity index (χ1) is 12.6. The molecule has 0 aromatic rings. The Hall–Kier alpha value is -1.24. The summed E-state index contributed by atoms with van der Waals surface area (Å²) in [5.41, 5.74) is 2.31. The summed E-state index contributed by atoms with van der Waals surface area (Å²) in [6.45, 7) is 2.06. The molecule has 0 bridgehead atoms. The molecular formula is C23H32O3. The van der Waals surface area contributed by atoms with Gasteiger partial charge in [0.25, 0.3) is 0 Å². The van der Waals surface area contributed by atoms with Crippen molar-refractivity contribution in [2.45, 2.75) is 70.3 Å². The fourth-order valence-corrected chi connectivity index (χ4v) is 6.98. The summed E-state index contributed by atoms with van der Waals surface area (Å²) in [6, 6.07) is 0. The molecule has 0 saturated heterocycles. The SMILES string of the molecule is CC[C@]12CCC3C4=C(CCC3C1CC[C@@]2(O)C#CCO)CC(OC)=CC4. The van der Waals surface area contributed by atoms with Crippen LogP contribution < -0.4 is 0 Å². The van der Waals surface area contributed by atoms with E-state index in [1.165, 1.54) is 19.3 Å². The van der Waals surface area contributed by atoms with Gasteiger partial charge in [0.2, 0.25) is 0 Å². The molecule has 0 spiro atoms. The van der Waals surface area contributed by atoms with Crippen LogP contribution in [0.4, 0.5) is 0 Å². The number of hydrogen-bond donors (Lipinski definition) is 2. The van der Waals surface area contributed by atoms with Gasteiger partial charge in [-0.15, -0.1) is 0 Å². The third-order valence-corrected chi connectivity index (χ3v) is 8.17. The quantitative estimate of drug-likeness (QED) is 0.582. The molecule has 2 saturated carbocycles. The van der Waals surface area contributed by atoms with Crippen LogP contribution in [0.2, 0.25) is 0 Å². The second kappa shape index (κ2) is 6.73. The van der Waals surface area contributed by atoms with E-state index in [9.17, 15) is 5.11 Å². The lowest BCUT2D eigenvalue weighted by atomic mass is 9.51. The molecule has 3 heteroatoms. The van der Waals surface area contributed by atoms with E-state index < -0.39 is 5.60 Å². The number of fused-ring (bicyclic) bond motifs is 4. The summed E-state index contributed by atoms with van der Waals surface area (Å²) in [6.07, 6.45) is 11.8. The van der Waals surface area contributed by atoms with Crippen LogP contribution in [0.25, 0.3) is 0 Å². The lowest BCUT2D eigenvalue weighted by Gasteiger charge is -2.54. The summed E-state index contributed by atoms with van der Waals surface area (Å²) in [7, 11) is 1.78. The number of rotatable bonds is 2. The van der Waals surface area contributed by atoms with Gasteiger partial charge in [0.15, 0.2) is 0 Å². The Bertz CT molecular complexity index is 694. The minimum atomic E-state index is -0.912. The van der Waals surface area contributed by atoms with Gasteiger partial charge in [-0.2, -0.15) is 0 Å². The normalized spacial score (nSPS) is 41.4. The first-order valence-electron chi connectivity index (χ1n) is 10.4. The Morgan fingerprint density at radius 2 is 2.12 bits per heavy atom. The second-order valence-corrected chi connectivity index (χ2v) is 8.71. The van der Waals surface area contributed by atoms with E-state index in [1.807, 2.05) is 0 Å². The zero-order valence-electron chi connectivity index (χ0n) is 16.2. The molecule has 0 aliphatic heterocycles. The fourth-order valence-electron chi connectivity index (χ4n) is 6.98. The highest BCUT2D eigenvalue weighted by atomic mass is 16.5. The van der Waals surface area contributed by atoms with Crippen LogP contribution in [0.3, 0.4) is 0 Å². The van der Waals surface area contributed by atoms with Gasteiger partial charge in [-0.05, 0) is 75.2 Å². The molecule has 3 unspecified atom stereocenters. The van der Waals surface area contributed by atoms with Crippen molar-refractivity contribution in [2.24, 2.45) is 23.2 Å². The van der Waals surface area contributed by atoms with Gasteiger partial charge in [0.05, 0.1) is 12.9 Å². The molecule has 142 valence electrons. The van der Waals surface area contributed by atoms with E-state index in [4.69, 9.17) is 9.84 Å². The van der Waals surface area contributed by atoms with Gasteiger partial charge in [-0.1, -0.05) is 29.9 Å². The fraction of sp³-hybridized carbons (Fsp3) is 0.739. The lowest BCUT2D eigenvalue weighted by Crippen LogP contribution is -2.52. The molecule has 0 heterocycles. The molecule has 26 heavy (non-hydrogen) atoms. The van der Waals surface area contributed by atoms with E-state index >= 15 is 0 Å². The third kappa shape index (κ3) is 2.49. The van der Waals surface area contributed by atoms with E-state index in [0.717, 1.165) is 44.3 Å². The number of aliphatic hydroxyl groups is 2.